The van der Waals surface area contributed by atoms with Gasteiger partial charge in [0.25, 0.3) is 0 Å². The zero-order chi connectivity index (χ0) is 12.1. The number of benzene rings is 1. The van der Waals surface area contributed by atoms with Crippen molar-refractivity contribution in [1.82, 2.24) is 0 Å². The van der Waals surface area contributed by atoms with Gasteiger partial charge in [0.05, 0.1) is 5.92 Å². The summed E-state index contributed by atoms with van der Waals surface area (Å²) in [5, 5.41) is 12.0. The summed E-state index contributed by atoms with van der Waals surface area (Å²) in [6.07, 6.45) is 0.642. The van der Waals surface area contributed by atoms with Crippen LogP contribution in [0, 0.1) is 19.8 Å². The summed E-state index contributed by atoms with van der Waals surface area (Å²) >= 11 is 0. The van der Waals surface area contributed by atoms with E-state index in [1.54, 1.807) is 6.92 Å². The molecule has 0 amide bonds. The molecule has 88 valence electrons. The van der Waals surface area contributed by atoms with Gasteiger partial charge < -0.3 is 10.4 Å². The minimum atomic E-state index is -0.734. The fraction of sp³-hybridized carbons (Fsp3) is 0.462. The highest BCUT2D eigenvalue weighted by atomic mass is 16.4. The average Bonchev–Trinajstić information content (AvgIpc) is 2.24. The molecule has 0 aliphatic heterocycles. The lowest BCUT2D eigenvalue weighted by Crippen LogP contribution is -2.14. The minimum Gasteiger partial charge on any atom is -0.481 e. The Morgan fingerprint density at radius 3 is 2.75 bits per heavy atom. The van der Waals surface area contributed by atoms with Crippen molar-refractivity contribution in [2.75, 3.05) is 11.9 Å². The summed E-state index contributed by atoms with van der Waals surface area (Å²) in [4.78, 5) is 10.6. The zero-order valence-corrected chi connectivity index (χ0v) is 10.1. The molecule has 0 saturated carbocycles. The van der Waals surface area contributed by atoms with Gasteiger partial charge in [0, 0.05) is 12.2 Å². The third-order valence-corrected chi connectivity index (χ3v) is 2.92. The van der Waals surface area contributed by atoms with Crippen molar-refractivity contribution in [2.24, 2.45) is 5.92 Å². The first-order valence-corrected chi connectivity index (χ1v) is 5.55. The van der Waals surface area contributed by atoms with Gasteiger partial charge >= 0.3 is 5.97 Å². The summed E-state index contributed by atoms with van der Waals surface area (Å²) in [6, 6.07) is 6.10. The number of carbonyl (C=O) groups is 1. The van der Waals surface area contributed by atoms with E-state index in [4.69, 9.17) is 5.11 Å². The van der Waals surface area contributed by atoms with Gasteiger partial charge in [0.2, 0.25) is 0 Å². The van der Waals surface area contributed by atoms with E-state index in [-0.39, 0.29) is 5.92 Å². The first-order valence-electron chi connectivity index (χ1n) is 5.55. The largest absolute Gasteiger partial charge is 0.481 e. The van der Waals surface area contributed by atoms with E-state index >= 15 is 0 Å². The highest BCUT2D eigenvalue weighted by molar-refractivity contribution is 5.69. The summed E-state index contributed by atoms with van der Waals surface area (Å²) in [6.45, 7) is 6.56. The Kier molecular flexibility index (Phi) is 4.35. The molecule has 0 heterocycles. The second kappa shape index (κ2) is 5.54. The molecule has 0 radical (unpaired) electrons. The molecular formula is C13H19NO2. The molecule has 16 heavy (non-hydrogen) atoms. The minimum absolute atomic E-state index is 0.294. The van der Waals surface area contributed by atoms with Crippen LogP contribution in [0.2, 0.25) is 0 Å². The van der Waals surface area contributed by atoms with Crippen molar-refractivity contribution in [3.05, 3.63) is 29.3 Å². The van der Waals surface area contributed by atoms with Gasteiger partial charge in [-0.15, -0.1) is 0 Å². The molecule has 1 aromatic rings. The number of hydrogen-bond acceptors (Lipinski definition) is 2. The monoisotopic (exact) mass is 221 g/mol. The van der Waals surface area contributed by atoms with E-state index in [1.165, 1.54) is 11.1 Å². The quantitative estimate of drug-likeness (QED) is 0.803. The van der Waals surface area contributed by atoms with Crippen LogP contribution in [0.3, 0.4) is 0 Å². The van der Waals surface area contributed by atoms with Crippen molar-refractivity contribution >= 4 is 11.7 Å². The third kappa shape index (κ3) is 3.26. The van der Waals surface area contributed by atoms with Crippen LogP contribution in [0.4, 0.5) is 5.69 Å². The predicted octanol–water partition coefficient (Wildman–Crippen LogP) is 2.83. The van der Waals surface area contributed by atoms with Crippen LogP contribution in [-0.2, 0) is 4.79 Å². The molecule has 3 nitrogen and oxygen atoms in total. The molecule has 1 aromatic carbocycles. The molecule has 0 aliphatic rings. The molecule has 0 aliphatic carbocycles. The van der Waals surface area contributed by atoms with E-state index < -0.39 is 5.97 Å². The van der Waals surface area contributed by atoms with E-state index in [2.05, 4.69) is 25.2 Å². The number of carboxylic acid groups (broad SMARTS) is 1. The fourth-order valence-corrected chi connectivity index (χ4v) is 1.49. The van der Waals surface area contributed by atoms with Crippen molar-refractivity contribution < 1.29 is 9.90 Å². The van der Waals surface area contributed by atoms with Crippen molar-refractivity contribution in [2.45, 2.75) is 27.2 Å². The topological polar surface area (TPSA) is 49.3 Å². The first-order chi connectivity index (χ1) is 7.52. The van der Waals surface area contributed by atoms with Crippen LogP contribution in [0.15, 0.2) is 18.2 Å². The molecule has 1 rings (SSSR count). The van der Waals surface area contributed by atoms with E-state index in [0.717, 1.165) is 5.69 Å². The van der Waals surface area contributed by atoms with Gasteiger partial charge in [0.1, 0.15) is 0 Å². The lowest BCUT2D eigenvalue weighted by molar-refractivity contribution is -0.141. The number of aryl methyl sites for hydroxylation is 1. The summed E-state index contributed by atoms with van der Waals surface area (Å²) in [7, 11) is 0. The lowest BCUT2D eigenvalue weighted by Gasteiger charge is -2.12. The highest BCUT2D eigenvalue weighted by Crippen LogP contribution is 2.18. The summed E-state index contributed by atoms with van der Waals surface area (Å²) in [5.41, 5.74) is 3.57. The number of anilines is 1. The number of aliphatic carboxylic acids is 1. The maximum atomic E-state index is 10.6. The van der Waals surface area contributed by atoms with E-state index in [9.17, 15) is 4.79 Å². The van der Waals surface area contributed by atoms with Crippen LogP contribution in [0.5, 0.6) is 0 Å². The van der Waals surface area contributed by atoms with Crippen molar-refractivity contribution in [3.63, 3.8) is 0 Å². The van der Waals surface area contributed by atoms with Gasteiger partial charge in [-0.05, 0) is 37.5 Å². The maximum absolute atomic E-state index is 10.6. The second-order valence-electron chi connectivity index (χ2n) is 4.20. The number of hydrogen-bond donors (Lipinski definition) is 2. The Hall–Kier alpha value is -1.51. The van der Waals surface area contributed by atoms with Crippen LogP contribution in [0.25, 0.3) is 0 Å². The Morgan fingerprint density at radius 2 is 2.12 bits per heavy atom. The molecule has 0 spiro atoms. The van der Waals surface area contributed by atoms with Crippen LogP contribution in [-0.4, -0.2) is 17.6 Å². The maximum Gasteiger partial charge on any atom is 0.306 e. The Balaban J connectivity index is 2.49. The highest BCUT2D eigenvalue weighted by Gasteiger charge is 2.10. The van der Waals surface area contributed by atoms with Gasteiger partial charge in [0.15, 0.2) is 0 Å². The lowest BCUT2D eigenvalue weighted by atomic mass is 10.1. The summed E-state index contributed by atoms with van der Waals surface area (Å²) in [5.74, 6) is -1.03. The molecule has 0 fully saturated rings. The van der Waals surface area contributed by atoms with E-state index in [1.807, 2.05) is 12.1 Å². The van der Waals surface area contributed by atoms with Crippen LogP contribution >= 0.6 is 0 Å². The first kappa shape index (κ1) is 12.6. The Morgan fingerprint density at radius 1 is 1.44 bits per heavy atom. The standard InChI is InChI=1S/C13H19NO2/c1-9-5-4-6-12(11(9)3)14-8-7-10(2)13(15)16/h4-6,10,14H,7-8H2,1-3H3,(H,15,16). The number of carboxylic acids is 1. The molecule has 0 saturated heterocycles. The van der Waals surface area contributed by atoms with Gasteiger partial charge in [-0.3, -0.25) is 4.79 Å². The molecule has 1 atom stereocenters. The second-order valence-corrected chi connectivity index (χ2v) is 4.20. The average molecular weight is 221 g/mol. The van der Waals surface area contributed by atoms with Crippen LogP contribution < -0.4 is 5.32 Å². The summed E-state index contributed by atoms with van der Waals surface area (Å²) < 4.78 is 0. The van der Waals surface area contributed by atoms with Crippen LogP contribution in [0.1, 0.15) is 24.5 Å². The molecule has 1 unspecified atom stereocenters. The number of rotatable bonds is 5. The van der Waals surface area contributed by atoms with E-state index in [0.29, 0.717) is 13.0 Å². The Bertz CT molecular complexity index is 374. The SMILES string of the molecule is Cc1cccc(NCCC(C)C(=O)O)c1C. The number of nitrogens with one attached hydrogen (secondary N) is 1. The van der Waals surface area contributed by atoms with Crippen molar-refractivity contribution in [1.29, 1.82) is 0 Å². The molecule has 3 heteroatoms. The molecular weight excluding hydrogens is 202 g/mol. The normalized spacial score (nSPS) is 12.2. The van der Waals surface area contributed by atoms with Gasteiger partial charge in [-0.1, -0.05) is 19.1 Å². The van der Waals surface area contributed by atoms with Crippen molar-refractivity contribution in [3.8, 4) is 0 Å². The zero-order valence-electron chi connectivity index (χ0n) is 10.1. The van der Waals surface area contributed by atoms with Gasteiger partial charge in [-0.25, -0.2) is 0 Å². The molecule has 0 bridgehead atoms. The molecule has 2 N–H and O–H groups in total. The van der Waals surface area contributed by atoms with Gasteiger partial charge in [-0.2, -0.15) is 0 Å². The Labute approximate surface area is 96.5 Å². The third-order valence-electron chi connectivity index (χ3n) is 2.92. The molecule has 0 aromatic heterocycles. The smallest absolute Gasteiger partial charge is 0.306 e. The fourth-order valence-electron chi connectivity index (χ4n) is 1.49. The predicted molar refractivity (Wildman–Crippen MR) is 65.8 cm³/mol.